The van der Waals surface area contributed by atoms with E-state index < -0.39 is 0 Å². The van der Waals surface area contributed by atoms with E-state index in [1.165, 1.54) is 5.56 Å². The van der Waals surface area contributed by atoms with Gasteiger partial charge in [-0.05, 0) is 18.5 Å². The first-order valence-corrected chi connectivity index (χ1v) is 8.60. The van der Waals surface area contributed by atoms with Gasteiger partial charge in [0.2, 0.25) is 0 Å². The molecule has 2 aromatic carbocycles. The molecule has 0 saturated heterocycles. The first-order valence-electron chi connectivity index (χ1n) is 8.60. The van der Waals surface area contributed by atoms with E-state index in [1.807, 2.05) is 36.4 Å². The first kappa shape index (κ1) is 17.3. The molecule has 0 bridgehead atoms. The molecule has 0 aliphatic rings. The summed E-state index contributed by atoms with van der Waals surface area (Å²) in [7, 11) is 1.72. The zero-order chi connectivity index (χ0) is 17.3. The highest BCUT2D eigenvalue weighted by molar-refractivity contribution is 5.60. The van der Waals surface area contributed by atoms with Gasteiger partial charge in [-0.1, -0.05) is 60.7 Å². The highest BCUT2D eigenvalue weighted by Gasteiger charge is 2.13. The number of hydrogen-bond acceptors (Lipinski definition) is 4. The number of aromatic nitrogens is 3. The molecule has 0 saturated carbocycles. The van der Waals surface area contributed by atoms with Gasteiger partial charge in [0.25, 0.3) is 0 Å². The number of benzene rings is 2. The van der Waals surface area contributed by atoms with E-state index in [0.717, 1.165) is 36.5 Å². The third kappa shape index (κ3) is 4.98. The zero-order valence-corrected chi connectivity index (χ0v) is 14.6. The van der Waals surface area contributed by atoms with Crippen LogP contribution in [0, 0.1) is 0 Å². The minimum atomic E-state index is 0.671. The number of hydrogen-bond donors (Lipinski definition) is 1. The molecule has 5 heteroatoms. The summed E-state index contributed by atoms with van der Waals surface area (Å²) >= 11 is 0. The molecule has 25 heavy (non-hydrogen) atoms. The molecule has 130 valence electrons. The predicted molar refractivity (Wildman–Crippen MR) is 99.2 cm³/mol. The molecule has 3 aromatic rings. The van der Waals surface area contributed by atoms with Crippen molar-refractivity contribution in [1.82, 2.24) is 20.3 Å². The molecule has 3 rings (SSSR count). The van der Waals surface area contributed by atoms with E-state index in [1.54, 1.807) is 11.9 Å². The molecule has 0 amide bonds. The average molecular weight is 336 g/mol. The van der Waals surface area contributed by atoms with Crippen molar-refractivity contribution in [1.29, 1.82) is 0 Å². The zero-order valence-electron chi connectivity index (χ0n) is 14.6. The van der Waals surface area contributed by atoms with Gasteiger partial charge >= 0.3 is 0 Å². The summed E-state index contributed by atoms with van der Waals surface area (Å²) < 4.78 is 5.09. The van der Waals surface area contributed by atoms with Gasteiger partial charge in [0, 0.05) is 25.8 Å². The fourth-order valence-electron chi connectivity index (χ4n) is 2.69. The smallest absolute Gasteiger partial charge is 0.117 e. The SMILES string of the molecule is COCCCNCc1nn(Cc2ccccc2)nc1-c1ccccc1. The lowest BCUT2D eigenvalue weighted by molar-refractivity contribution is 0.194. The molecule has 0 radical (unpaired) electrons. The Morgan fingerprint density at radius 2 is 1.68 bits per heavy atom. The van der Waals surface area contributed by atoms with Gasteiger partial charge in [-0.3, -0.25) is 0 Å². The maximum Gasteiger partial charge on any atom is 0.117 e. The summed E-state index contributed by atoms with van der Waals surface area (Å²) in [5, 5.41) is 12.9. The average Bonchev–Trinajstić information content (AvgIpc) is 3.06. The van der Waals surface area contributed by atoms with Crippen LogP contribution in [-0.2, 0) is 17.8 Å². The Labute approximate surface area is 148 Å². The van der Waals surface area contributed by atoms with Crippen LogP contribution in [0.4, 0.5) is 0 Å². The lowest BCUT2D eigenvalue weighted by atomic mass is 10.1. The largest absolute Gasteiger partial charge is 0.385 e. The Kier molecular flexibility index (Phi) is 6.31. The highest BCUT2D eigenvalue weighted by atomic mass is 16.5. The summed E-state index contributed by atoms with van der Waals surface area (Å²) in [5.74, 6) is 0. The molecule has 0 fully saturated rings. The van der Waals surface area contributed by atoms with Crippen molar-refractivity contribution in [3.8, 4) is 11.3 Å². The Morgan fingerprint density at radius 1 is 0.960 bits per heavy atom. The topological polar surface area (TPSA) is 52.0 Å². The van der Waals surface area contributed by atoms with Crippen LogP contribution >= 0.6 is 0 Å². The quantitative estimate of drug-likeness (QED) is 0.610. The van der Waals surface area contributed by atoms with Crippen molar-refractivity contribution in [3.05, 3.63) is 71.9 Å². The molecule has 1 aromatic heterocycles. The highest BCUT2D eigenvalue weighted by Crippen LogP contribution is 2.20. The van der Waals surface area contributed by atoms with Gasteiger partial charge in [0.1, 0.15) is 11.4 Å². The van der Waals surface area contributed by atoms with E-state index in [4.69, 9.17) is 14.9 Å². The monoisotopic (exact) mass is 336 g/mol. The van der Waals surface area contributed by atoms with Crippen molar-refractivity contribution in [2.24, 2.45) is 0 Å². The molecular formula is C20H24N4O. The van der Waals surface area contributed by atoms with Gasteiger partial charge in [-0.25, -0.2) is 0 Å². The standard InChI is InChI=1S/C20H24N4O/c1-25-14-8-13-21-15-19-20(18-11-6-3-7-12-18)23-24(22-19)16-17-9-4-2-5-10-17/h2-7,9-12,21H,8,13-16H2,1H3. The minimum Gasteiger partial charge on any atom is -0.385 e. The van der Waals surface area contributed by atoms with E-state index in [9.17, 15) is 0 Å². The third-order valence-electron chi connectivity index (χ3n) is 3.93. The van der Waals surface area contributed by atoms with E-state index in [0.29, 0.717) is 13.1 Å². The van der Waals surface area contributed by atoms with Crippen LogP contribution in [0.1, 0.15) is 17.7 Å². The second kappa shape index (κ2) is 9.11. The van der Waals surface area contributed by atoms with E-state index >= 15 is 0 Å². The number of nitrogens with zero attached hydrogens (tertiary/aromatic N) is 3. The van der Waals surface area contributed by atoms with Crippen LogP contribution in [0.15, 0.2) is 60.7 Å². The predicted octanol–water partition coefficient (Wildman–Crippen LogP) is 3.12. The Hall–Kier alpha value is -2.50. The maximum atomic E-state index is 5.09. The van der Waals surface area contributed by atoms with Crippen molar-refractivity contribution < 1.29 is 4.74 Å². The van der Waals surface area contributed by atoms with Crippen LogP contribution in [0.25, 0.3) is 11.3 Å². The second-order valence-electron chi connectivity index (χ2n) is 5.90. The maximum absolute atomic E-state index is 5.09. The molecular weight excluding hydrogens is 312 g/mol. The summed E-state index contributed by atoms with van der Waals surface area (Å²) in [6.07, 6.45) is 0.981. The normalized spacial score (nSPS) is 10.9. The van der Waals surface area contributed by atoms with Gasteiger partial charge in [0.15, 0.2) is 0 Å². The van der Waals surface area contributed by atoms with E-state index in [-0.39, 0.29) is 0 Å². The van der Waals surface area contributed by atoms with Crippen LogP contribution in [0.3, 0.4) is 0 Å². The molecule has 1 heterocycles. The molecule has 0 unspecified atom stereocenters. The molecule has 1 N–H and O–H groups in total. The van der Waals surface area contributed by atoms with Crippen LogP contribution in [-0.4, -0.2) is 35.3 Å². The van der Waals surface area contributed by atoms with Gasteiger partial charge < -0.3 is 10.1 Å². The summed E-state index contributed by atoms with van der Waals surface area (Å²) in [6, 6.07) is 20.5. The number of ether oxygens (including phenoxy) is 1. The number of methoxy groups -OCH3 is 1. The lowest BCUT2D eigenvalue weighted by Gasteiger charge is -2.03. The minimum absolute atomic E-state index is 0.671. The van der Waals surface area contributed by atoms with Gasteiger partial charge in [-0.2, -0.15) is 15.0 Å². The number of rotatable bonds is 9. The Morgan fingerprint density at radius 3 is 2.40 bits per heavy atom. The van der Waals surface area contributed by atoms with Crippen molar-refractivity contribution >= 4 is 0 Å². The van der Waals surface area contributed by atoms with Gasteiger partial charge in [-0.15, -0.1) is 0 Å². The van der Waals surface area contributed by atoms with Crippen molar-refractivity contribution in [2.45, 2.75) is 19.5 Å². The van der Waals surface area contributed by atoms with Crippen LogP contribution in [0.5, 0.6) is 0 Å². The Bertz CT molecular complexity index is 756. The molecule has 0 aliphatic heterocycles. The van der Waals surface area contributed by atoms with Gasteiger partial charge in [0.05, 0.1) is 6.54 Å². The molecule has 0 spiro atoms. The van der Waals surface area contributed by atoms with Crippen molar-refractivity contribution in [3.63, 3.8) is 0 Å². The fraction of sp³-hybridized carbons (Fsp3) is 0.300. The molecule has 0 atom stereocenters. The summed E-state index contributed by atoms with van der Waals surface area (Å²) in [5.41, 5.74) is 4.20. The molecule has 5 nitrogen and oxygen atoms in total. The lowest BCUT2D eigenvalue weighted by Crippen LogP contribution is -2.17. The second-order valence-corrected chi connectivity index (χ2v) is 5.90. The first-order chi connectivity index (χ1) is 12.4. The van der Waals surface area contributed by atoms with E-state index in [2.05, 4.69) is 29.6 Å². The Balaban J connectivity index is 1.76. The summed E-state index contributed by atoms with van der Waals surface area (Å²) in [6.45, 7) is 3.03. The third-order valence-corrected chi connectivity index (χ3v) is 3.93. The van der Waals surface area contributed by atoms with Crippen molar-refractivity contribution in [2.75, 3.05) is 20.3 Å². The van der Waals surface area contributed by atoms with Crippen LogP contribution < -0.4 is 5.32 Å². The number of nitrogens with one attached hydrogen (secondary N) is 1. The fourth-order valence-corrected chi connectivity index (χ4v) is 2.69. The molecule has 0 aliphatic carbocycles. The summed E-state index contributed by atoms with van der Waals surface area (Å²) in [4.78, 5) is 1.78. The van der Waals surface area contributed by atoms with Crippen LogP contribution in [0.2, 0.25) is 0 Å².